The minimum absolute atomic E-state index is 0.0294. The maximum absolute atomic E-state index is 13.0. The topological polar surface area (TPSA) is 128 Å². The molecule has 1 saturated carbocycles. The minimum atomic E-state index is -0.506. The molecule has 0 aromatic carbocycles. The smallest absolute Gasteiger partial charge is 0.257 e. The van der Waals surface area contributed by atoms with E-state index in [0.717, 1.165) is 23.4 Å². The molecule has 3 N–H and O–H groups in total. The van der Waals surface area contributed by atoms with E-state index in [4.69, 9.17) is 19.4 Å². The second-order valence-electron chi connectivity index (χ2n) is 9.00. The van der Waals surface area contributed by atoms with Crippen LogP contribution in [0.1, 0.15) is 29.2 Å². The van der Waals surface area contributed by atoms with Crippen LogP contribution in [-0.4, -0.2) is 80.8 Å². The van der Waals surface area contributed by atoms with Gasteiger partial charge in [0.2, 0.25) is 0 Å². The quantitative estimate of drug-likeness (QED) is 0.382. The van der Waals surface area contributed by atoms with Gasteiger partial charge in [-0.2, -0.15) is 9.61 Å². The lowest BCUT2D eigenvalue weighted by Gasteiger charge is -2.32. The Morgan fingerprint density at radius 1 is 1.26 bits per heavy atom. The first-order chi connectivity index (χ1) is 17.1. The van der Waals surface area contributed by atoms with Crippen LogP contribution >= 0.6 is 0 Å². The number of aliphatic hydroxyl groups excluding tert-OH is 1. The van der Waals surface area contributed by atoms with Crippen molar-refractivity contribution in [2.45, 2.75) is 37.1 Å². The molecule has 2 aromatic heterocycles. The highest BCUT2D eigenvalue weighted by molar-refractivity contribution is 6.00. The fourth-order valence-electron chi connectivity index (χ4n) is 4.87. The number of carbonyl (C=O) groups is 1. The first kappa shape index (κ1) is 22.0. The van der Waals surface area contributed by atoms with E-state index in [2.05, 4.69) is 20.3 Å². The van der Waals surface area contributed by atoms with Gasteiger partial charge in [-0.25, -0.2) is 9.97 Å². The first-order valence-corrected chi connectivity index (χ1v) is 11.7. The Bertz CT molecular complexity index is 1370. The van der Waals surface area contributed by atoms with Crippen molar-refractivity contribution in [1.29, 1.82) is 0 Å². The van der Waals surface area contributed by atoms with Gasteiger partial charge in [0.15, 0.2) is 5.65 Å². The number of amides is 1. The Hall–Kier alpha value is -3.54. The molecule has 5 heterocycles. The average Bonchev–Trinajstić information content (AvgIpc) is 3.63. The Kier molecular flexibility index (Phi) is 5.39. The Labute approximate surface area is 201 Å². The molecule has 0 spiro atoms. The molecule has 1 saturated heterocycles. The number of anilines is 1. The van der Waals surface area contributed by atoms with Crippen LogP contribution in [0.2, 0.25) is 0 Å². The van der Waals surface area contributed by atoms with Gasteiger partial charge < -0.3 is 29.8 Å². The van der Waals surface area contributed by atoms with Crippen molar-refractivity contribution in [3.05, 3.63) is 42.4 Å². The van der Waals surface area contributed by atoms with Crippen LogP contribution in [0.5, 0.6) is 0 Å². The van der Waals surface area contributed by atoms with Gasteiger partial charge in [-0.1, -0.05) is 0 Å². The van der Waals surface area contributed by atoms with Gasteiger partial charge >= 0.3 is 0 Å². The standard InChI is InChI=1S/C24H27N7O4/c1-25-21-8-17(28-23-15(10-27-31(21)23)24(33)29-16-5-6-19(16)32)14-9-26-22-13(14)4-3-7-30(22)18-11-35-12-20(18)34-2/h3-4,7-10,16,18-20,25,32H,5-6,11-12H2,1-2H3,(H,29,33)/t16-,18-,19+,20-/m1/s1. The van der Waals surface area contributed by atoms with Crippen molar-refractivity contribution in [1.82, 2.24) is 29.5 Å². The predicted octanol–water partition coefficient (Wildman–Crippen LogP) is 1.58. The number of hydrogen-bond acceptors (Lipinski definition) is 8. The third kappa shape index (κ3) is 3.54. The molecule has 1 aliphatic carbocycles. The van der Waals surface area contributed by atoms with Gasteiger partial charge in [0.25, 0.3) is 5.91 Å². The lowest BCUT2D eigenvalue weighted by atomic mass is 9.89. The van der Waals surface area contributed by atoms with Crippen LogP contribution in [0.15, 0.2) is 36.8 Å². The lowest BCUT2D eigenvalue weighted by molar-refractivity contribution is 0.0448. The van der Waals surface area contributed by atoms with E-state index < -0.39 is 6.10 Å². The van der Waals surface area contributed by atoms with Gasteiger partial charge in [-0.15, -0.1) is 0 Å². The van der Waals surface area contributed by atoms with Crippen LogP contribution in [0.3, 0.4) is 0 Å². The number of carbonyl (C=O) groups excluding carboxylic acids is 1. The van der Waals surface area contributed by atoms with Crippen molar-refractivity contribution in [3.8, 4) is 22.6 Å². The summed E-state index contributed by atoms with van der Waals surface area (Å²) in [6, 6.07) is 5.68. The highest BCUT2D eigenvalue weighted by Gasteiger charge is 2.33. The summed E-state index contributed by atoms with van der Waals surface area (Å²) in [5, 5.41) is 20.3. The second kappa shape index (κ2) is 8.59. The fourth-order valence-corrected chi connectivity index (χ4v) is 4.87. The minimum Gasteiger partial charge on any atom is -0.391 e. The zero-order chi connectivity index (χ0) is 24.1. The highest BCUT2D eigenvalue weighted by atomic mass is 16.5. The number of aromatic nitrogens is 5. The molecule has 182 valence electrons. The van der Waals surface area contributed by atoms with Crippen LogP contribution in [0.4, 0.5) is 5.82 Å². The maximum atomic E-state index is 13.0. The van der Waals surface area contributed by atoms with Gasteiger partial charge in [0, 0.05) is 43.7 Å². The highest BCUT2D eigenvalue weighted by Crippen LogP contribution is 2.36. The number of methoxy groups -OCH3 is 1. The van der Waals surface area contributed by atoms with Gasteiger partial charge in [-0.05, 0) is 25.0 Å². The zero-order valence-corrected chi connectivity index (χ0v) is 19.5. The summed E-state index contributed by atoms with van der Waals surface area (Å²) in [7, 11) is 3.49. The zero-order valence-electron chi connectivity index (χ0n) is 19.5. The summed E-state index contributed by atoms with van der Waals surface area (Å²) in [6.07, 6.45) is 6.21. The normalized spacial score (nSPS) is 24.1. The van der Waals surface area contributed by atoms with Crippen molar-refractivity contribution in [2.75, 3.05) is 32.7 Å². The number of aliphatic hydroxyl groups is 1. The van der Waals surface area contributed by atoms with Gasteiger partial charge in [0.05, 0.1) is 43.3 Å². The van der Waals surface area contributed by atoms with Crippen molar-refractivity contribution in [3.63, 3.8) is 0 Å². The largest absolute Gasteiger partial charge is 0.391 e. The summed E-state index contributed by atoms with van der Waals surface area (Å²) >= 11 is 0. The number of ether oxygens (including phenoxy) is 2. The van der Waals surface area contributed by atoms with E-state index in [1.807, 2.05) is 24.4 Å². The molecule has 2 aromatic rings. The number of pyridine rings is 1. The average molecular weight is 478 g/mol. The van der Waals surface area contributed by atoms with Crippen molar-refractivity contribution < 1.29 is 19.4 Å². The van der Waals surface area contributed by atoms with E-state index in [1.165, 1.54) is 6.20 Å². The molecule has 4 aliphatic rings. The summed E-state index contributed by atoms with van der Waals surface area (Å²) in [6.45, 7) is 1.11. The molecule has 0 unspecified atom stereocenters. The molecular weight excluding hydrogens is 450 g/mol. The number of fused-ring (bicyclic) bond motifs is 2. The van der Waals surface area contributed by atoms with E-state index >= 15 is 0 Å². The molecule has 11 heteroatoms. The Morgan fingerprint density at radius 2 is 2.14 bits per heavy atom. The van der Waals surface area contributed by atoms with Crippen molar-refractivity contribution >= 4 is 17.4 Å². The molecule has 3 aliphatic heterocycles. The number of hydrogen-bond donors (Lipinski definition) is 3. The molecule has 11 nitrogen and oxygen atoms in total. The Morgan fingerprint density at radius 3 is 2.89 bits per heavy atom. The summed E-state index contributed by atoms with van der Waals surface area (Å²) in [5.41, 5.74) is 3.25. The molecule has 2 fully saturated rings. The van der Waals surface area contributed by atoms with Gasteiger partial charge in [-0.3, -0.25) is 4.79 Å². The second-order valence-corrected chi connectivity index (χ2v) is 9.00. The predicted molar refractivity (Wildman–Crippen MR) is 128 cm³/mol. The Balaban J connectivity index is 1.40. The molecule has 1 amide bonds. The third-order valence-electron chi connectivity index (χ3n) is 7.06. The van der Waals surface area contributed by atoms with Gasteiger partial charge in [0.1, 0.15) is 23.3 Å². The SMILES string of the molecule is CNc1cc(-c2cnc3n([C@@H]4COC[C@H]4OC)cccc2-3)nc2c(C(=O)N[C@@H]3CC[C@@H]3O)cnn12. The molecule has 35 heavy (non-hydrogen) atoms. The molecule has 4 atom stereocenters. The number of rotatable bonds is 6. The maximum Gasteiger partial charge on any atom is 0.257 e. The van der Waals surface area contributed by atoms with E-state index in [1.54, 1.807) is 24.9 Å². The summed E-state index contributed by atoms with van der Waals surface area (Å²) in [4.78, 5) is 22.5. The van der Waals surface area contributed by atoms with E-state index in [9.17, 15) is 9.90 Å². The van der Waals surface area contributed by atoms with Crippen LogP contribution in [0.25, 0.3) is 28.3 Å². The monoisotopic (exact) mass is 477 g/mol. The molecular formula is C24H27N7O4. The summed E-state index contributed by atoms with van der Waals surface area (Å²) < 4.78 is 15.0. The lowest BCUT2D eigenvalue weighted by Crippen LogP contribution is -2.50. The molecule has 0 radical (unpaired) electrons. The first-order valence-electron chi connectivity index (χ1n) is 11.7. The number of nitrogens with zero attached hydrogens (tertiary/aromatic N) is 5. The number of nitrogens with one attached hydrogen (secondary N) is 2. The van der Waals surface area contributed by atoms with Crippen LogP contribution in [-0.2, 0) is 9.47 Å². The van der Waals surface area contributed by atoms with E-state index in [-0.39, 0.29) is 24.1 Å². The third-order valence-corrected chi connectivity index (χ3v) is 7.06. The van der Waals surface area contributed by atoms with Crippen LogP contribution < -0.4 is 10.6 Å². The van der Waals surface area contributed by atoms with Crippen molar-refractivity contribution in [2.24, 2.45) is 0 Å². The van der Waals surface area contributed by atoms with Crippen LogP contribution in [0, 0.1) is 0 Å². The molecule has 6 rings (SSSR count). The summed E-state index contributed by atoms with van der Waals surface area (Å²) in [5.74, 6) is 1.21. The fraction of sp³-hybridized carbons (Fsp3) is 0.417. The van der Waals surface area contributed by atoms with E-state index in [0.29, 0.717) is 42.4 Å². The molecule has 0 bridgehead atoms.